The van der Waals surface area contributed by atoms with Gasteiger partial charge in [0.25, 0.3) is 0 Å². The van der Waals surface area contributed by atoms with Gasteiger partial charge in [-0.3, -0.25) is 0 Å². The van der Waals surface area contributed by atoms with Gasteiger partial charge in [-0.05, 0) is 42.5 Å². The molecule has 7 heteroatoms. The van der Waals surface area contributed by atoms with E-state index in [9.17, 15) is 0 Å². The summed E-state index contributed by atoms with van der Waals surface area (Å²) in [7, 11) is 0. The minimum absolute atomic E-state index is 0.450. The van der Waals surface area contributed by atoms with Gasteiger partial charge in [-0.15, -0.1) is 0 Å². The van der Waals surface area contributed by atoms with E-state index in [0.29, 0.717) is 27.4 Å². The van der Waals surface area contributed by atoms with Crippen molar-refractivity contribution in [3.05, 3.63) is 101 Å². The summed E-state index contributed by atoms with van der Waals surface area (Å²) in [5.41, 5.74) is 4.61. The summed E-state index contributed by atoms with van der Waals surface area (Å²) < 4.78 is 1.88. The molecule has 0 bridgehead atoms. The Bertz CT molecular complexity index is 1160. The molecule has 0 saturated heterocycles. The lowest BCUT2D eigenvalue weighted by Crippen LogP contribution is -2.28. The minimum atomic E-state index is 0.450. The third kappa shape index (κ3) is 4.82. The van der Waals surface area contributed by atoms with E-state index in [4.69, 9.17) is 40.5 Å². The van der Waals surface area contributed by atoms with Gasteiger partial charge in [-0.2, -0.15) is 5.10 Å². The highest BCUT2D eigenvalue weighted by Crippen LogP contribution is 2.26. The molecule has 4 rings (SSSR count). The smallest absolute Gasteiger partial charge is 0.171 e. The fourth-order valence-corrected chi connectivity index (χ4v) is 3.55. The molecule has 0 aliphatic heterocycles. The number of hydrogen-bond donors (Lipinski definition) is 2. The molecule has 0 aliphatic rings. The van der Waals surface area contributed by atoms with Crippen molar-refractivity contribution >= 4 is 46.2 Å². The predicted octanol–water partition coefficient (Wildman–Crippen LogP) is 6.33. The average molecular weight is 453 g/mol. The molecule has 1 aromatic heterocycles. The van der Waals surface area contributed by atoms with Crippen molar-refractivity contribution in [1.82, 2.24) is 15.1 Å². The topological polar surface area (TPSA) is 41.9 Å². The molecular formula is C23H18Cl2N4S. The van der Waals surface area contributed by atoms with Crippen LogP contribution < -0.4 is 10.6 Å². The van der Waals surface area contributed by atoms with Crippen LogP contribution in [0.5, 0.6) is 0 Å². The molecule has 30 heavy (non-hydrogen) atoms. The number of rotatable bonds is 5. The Kier molecular flexibility index (Phi) is 6.33. The molecule has 2 N–H and O–H groups in total. The van der Waals surface area contributed by atoms with Crippen molar-refractivity contribution in [2.75, 3.05) is 5.32 Å². The molecule has 150 valence electrons. The molecule has 4 aromatic rings. The number of halogens is 2. The second-order valence-corrected chi connectivity index (χ2v) is 7.83. The summed E-state index contributed by atoms with van der Waals surface area (Å²) in [5, 5.41) is 12.7. The molecular weight excluding hydrogens is 435 g/mol. The summed E-state index contributed by atoms with van der Waals surface area (Å²) in [4.78, 5) is 0. The van der Waals surface area contributed by atoms with Crippen LogP contribution in [0.3, 0.4) is 0 Å². The van der Waals surface area contributed by atoms with E-state index < -0.39 is 0 Å². The summed E-state index contributed by atoms with van der Waals surface area (Å²) in [6.45, 7) is 0.501. The zero-order chi connectivity index (χ0) is 20.9. The van der Waals surface area contributed by atoms with E-state index in [1.807, 2.05) is 71.5 Å². The average Bonchev–Trinajstić information content (AvgIpc) is 3.20. The fraction of sp³-hybridized carbons (Fsp3) is 0.0435. The van der Waals surface area contributed by atoms with Gasteiger partial charge in [0.05, 0.1) is 22.1 Å². The quantitative estimate of drug-likeness (QED) is 0.347. The third-order valence-electron chi connectivity index (χ3n) is 4.47. The number of thiocarbonyl (C=S) groups is 1. The number of benzene rings is 3. The van der Waals surface area contributed by atoms with E-state index >= 15 is 0 Å². The molecule has 0 atom stereocenters. The van der Waals surface area contributed by atoms with Gasteiger partial charge < -0.3 is 10.6 Å². The van der Waals surface area contributed by atoms with E-state index in [0.717, 1.165) is 22.5 Å². The normalized spacial score (nSPS) is 10.6. The van der Waals surface area contributed by atoms with Crippen LogP contribution in [0.15, 0.2) is 85.1 Å². The first kappa shape index (κ1) is 20.4. The molecule has 1 heterocycles. The lowest BCUT2D eigenvalue weighted by Gasteiger charge is -2.12. The van der Waals surface area contributed by atoms with Crippen LogP contribution in [0.1, 0.15) is 5.56 Å². The molecule has 0 spiro atoms. The molecule has 3 aromatic carbocycles. The Balaban J connectivity index is 1.56. The summed E-state index contributed by atoms with van der Waals surface area (Å²) in [6.07, 6.45) is 2.01. The van der Waals surface area contributed by atoms with Gasteiger partial charge in [0, 0.05) is 28.9 Å². The highest BCUT2D eigenvalue weighted by Gasteiger charge is 2.13. The van der Waals surface area contributed by atoms with Gasteiger partial charge in [-0.1, -0.05) is 71.7 Å². The molecule has 0 saturated carbocycles. The minimum Gasteiger partial charge on any atom is -0.358 e. The number of aromatic nitrogens is 2. The number of anilines is 1. The standard InChI is InChI=1S/C23H18Cl2N4S/c24-18-11-12-20(25)21(13-18)27-23(30)26-14-17-15-29(19-9-5-2-6-10-19)28-22(17)16-7-3-1-4-8-16/h1-13,15H,14H2,(H2,26,27,30). The fourth-order valence-electron chi connectivity index (χ4n) is 3.03. The largest absolute Gasteiger partial charge is 0.358 e. The SMILES string of the molecule is S=C(NCc1cn(-c2ccccc2)nc1-c1ccccc1)Nc1cc(Cl)ccc1Cl. The number of hydrogen-bond acceptors (Lipinski definition) is 2. The Morgan fingerprint density at radius 2 is 1.63 bits per heavy atom. The van der Waals surface area contributed by atoms with Gasteiger partial charge >= 0.3 is 0 Å². The van der Waals surface area contributed by atoms with Crippen LogP contribution >= 0.6 is 35.4 Å². The van der Waals surface area contributed by atoms with Gasteiger partial charge in [0.15, 0.2) is 5.11 Å². The van der Waals surface area contributed by atoms with Crippen LogP contribution in [-0.4, -0.2) is 14.9 Å². The lowest BCUT2D eigenvalue weighted by molar-refractivity contribution is 0.879. The summed E-state index contributed by atoms with van der Waals surface area (Å²) in [5.74, 6) is 0. The van der Waals surface area contributed by atoms with E-state index in [2.05, 4.69) is 10.6 Å². The highest BCUT2D eigenvalue weighted by molar-refractivity contribution is 7.80. The van der Waals surface area contributed by atoms with E-state index in [1.165, 1.54) is 0 Å². The first-order valence-electron chi connectivity index (χ1n) is 9.29. The number of nitrogens with zero attached hydrogens (tertiary/aromatic N) is 2. The van der Waals surface area contributed by atoms with Gasteiger partial charge in [0.1, 0.15) is 0 Å². The van der Waals surface area contributed by atoms with Crippen molar-refractivity contribution < 1.29 is 0 Å². The second kappa shape index (κ2) is 9.30. The third-order valence-corrected chi connectivity index (χ3v) is 5.29. The maximum Gasteiger partial charge on any atom is 0.171 e. The molecule has 0 amide bonds. The monoisotopic (exact) mass is 452 g/mol. The molecule has 0 unspecified atom stereocenters. The van der Waals surface area contributed by atoms with Crippen molar-refractivity contribution in [1.29, 1.82) is 0 Å². The maximum absolute atomic E-state index is 6.21. The number of para-hydroxylation sites is 1. The van der Waals surface area contributed by atoms with Crippen LogP contribution in [0.2, 0.25) is 10.0 Å². The van der Waals surface area contributed by atoms with Crippen LogP contribution in [0.4, 0.5) is 5.69 Å². The van der Waals surface area contributed by atoms with Crippen molar-refractivity contribution in [2.24, 2.45) is 0 Å². The molecule has 0 aliphatic carbocycles. The van der Waals surface area contributed by atoms with Crippen LogP contribution in [0.25, 0.3) is 16.9 Å². The second-order valence-electron chi connectivity index (χ2n) is 6.58. The lowest BCUT2D eigenvalue weighted by atomic mass is 10.1. The predicted molar refractivity (Wildman–Crippen MR) is 129 cm³/mol. The Hall–Kier alpha value is -2.86. The van der Waals surface area contributed by atoms with Crippen LogP contribution in [0, 0.1) is 0 Å². The van der Waals surface area contributed by atoms with Gasteiger partial charge in [-0.25, -0.2) is 4.68 Å². The molecule has 4 nitrogen and oxygen atoms in total. The van der Waals surface area contributed by atoms with E-state index in [-0.39, 0.29) is 0 Å². The summed E-state index contributed by atoms with van der Waals surface area (Å²) >= 11 is 17.7. The number of nitrogens with one attached hydrogen (secondary N) is 2. The molecule has 0 radical (unpaired) electrons. The maximum atomic E-state index is 6.21. The Labute approximate surface area is 190 Å². The Morgan fingerprint density at radius 3 is 2.37 bits per heavy atom. The zero-order valence-electron chi connectivity index (χ0n) is 15.8. The first-order chi connectivity index (χ1) is 14.6. The first-order valence-corrected chi connectivity index (χ1v) is 10.5. The zero-order valence-corrected chi connectivity index (χ0v) is 18.2. The summed E-state index contributed by atoms with van der Waals surface area (Å²) in [6, 6.07) is 25.3. The van der Waals surface area contributed by atoms with Gasteiger partial charge in [0.2, 0.25) is 0 Å². The van der Waals surface area contributed by atoms with Crippen LogP contribution in [-0.2, 0) is 6.54 Å². The van der Waals surface area contributed by atoms with Crippen molar-refractivity contribution in [2.45, 2.75) is 6.54 Å². The highest BCUT2D eigenvalue weighted by atomic mass is 35.5. The Morgan fingerprint density at radius 1 is 0.933 bits per heavy atom. The molecule has 0 fully saturated rings. The van der Waals surface area contributed by atoms with E-state index in [1.54, 1.807) is 18.2 Å². The van der Waals surface area contributed by atoms with Crippen molar-refractivity contribution in [3.8, 4) is 16.9 Å². The van der Waals surface area contributed by atoms with Crippen molar-refractivity contribution in [3.63, 3.8) is 0 Å².